The van der Waals surface area contributed by atoms with E-state index in [-0.39, 0.29) is 23.5 Å². The smallest absolute Gasteiger partial charge is 0.422 e. The van der Waals surface area contributed by atoms with Crippen LogP contribution in [-0.4, -0.2) is 24.3 Å². The van der Waals surface area contributed by atoms with E-state index in [2.05, 4.69) is 4.74 Å². The second-order valence-corrected chi connectivity index (χ2v) is 3.72. The highest BCUT2D eigenvalue weighted by molar-refractivity contribution is 5.47. The third kappa shape index (κ3) is 4.38. The van der Waals surface area contributed by atoms with Gasteiger partial charge in [0.15, 0.2) is 6.61 Å². The lowest BCUT2D eigenvalue weighted by molar-refractivity contribution is -0.385. The fourth-order valence-electron chi connectivity index (χ4n) is 1.38. The molecule has 0 spiro atoms. The summed E-state index contributed by atoms with van der Waals surface area (Å²) in [5.74, 6) is -0.151. The van der Waals surface area contributed by atoms with Crippen molar-refractivity contribution in [2.45, 2.75) is 12.2 Å². The van der Waals surface area contributed by atoms with Crippen LogP contribution in [0.25, 0.3) is 0 Å². The van der Waals surface area contributed by atoms with Crippen molar-refractivity contribution in [1.82, 2.24) is 0 Å². The minimum absolute atomic E-state index is 0.0344. The molecule has 0 heterocycles. The van der Waals surface area contributed by atoms with E-state index in [0.29, 0.717) is 0 Å². The van der Waals surface area contributed by atoms with Crippen LogP contribution < -0.4 is 16.2 Å². The van der Waals surface area contributed by atoms with Crippen LogP contribution in [0.5, 0.6) is 5.75 Å². The van der Waals surface area contributed by atoms with Crippen LogP contribution in [0, 0.1) is 10.1 Å². The number of hydrogen-bond donors (Lipinski definition) is 2. The third-order valence-corrected chi connectivity index (χ3v) is 2.25. The van der Waals surface area contributed by atoms with Gasteiger partial charge in [-0.25, -0.2) is 0 Å². The number of nitro groups is 1. The number of nitrogens with zero attached hydrogens (tertiary/aromatic N) is 1. The molecule has 1 aromatic rings. The molecule has 0 bridgehead atoms. The summed E-state index contributed by atoms with van der Waals surface area (Å²) in [7, 11) is 0. The molecule has 0 saturated heterocycles. The van der Waals surface area contributed by atoms with Crippen molar-refractivity contribution in [3.05, 3.63) is 33.9 Å². The van der Waals surface area contributed by atoms with E-state index in [0.717, 1.165) is 18.2 Å². The predicted molar refractivity (Wildman–Crippen MR) is 60.6 cm³/mol. The van der Waals surface area contributed by atoms with Crippen molar-refractivity contribution in [2.24, 2.45) is 11.5 Å². The summed E-state index contributed by atoms with van der Waals surface area (Å²) < 4.78 is 40.5. The third-order valence-electron chi connectivity index (χ3n) is 2.25. The molecule has 19 heavy (non-hydrogen) atoms. The number of rotatable bonds is 5. The Morgan fingerprint density at radius 2 is 2.05 bits per heavy atom. The normalized spacial score (nSPS) is 13.1. The molecule has 0 saturated carbocycles. The standard InChI is InChI=1S/C10H12F3N3O3/c11-10(12,13)5-19-6-1-2-9(16(17)18)7(3-6)8(15)4-14/h1-3,8H,4-5,14-15H2. The average molecular weight is 279 g/mol. The summed E-state index contributed by atoms with van der Waals surface area (Å²) in [4.78, 5) is 10.1. The van der Waals surface area contributed by atoms with E-state index in [1.165, 1.54) is 0 Å². The van der Waals surface area contributed by atoms with Gasteiger partial charge in [0.05, 0.1) is 10.5 Å². The van der Waals surface area contributed by atoms with Gasteiger partial charge >= 0.3 is 6.18 Å². The molecule has 1 unspecified atom stereocenters. The minimum atomic E-state index is -4.49. The van der Waals surface area contributed by atoms with Crippen molar-refractivity contribution in [3.8, 4) is 5.75 Å². The van der Waals surface area contributed by atoms with E-state index in [1.54, 1.807) is 0 Å². The molecule has 0 aliphatic heterocycles. The zero-order chi connectivity index (χ0) is 14.6. The van der Waals surface area contributed by atoms with E-state index < -0.39 is 23.7 Å². The van der Waals surface area contributed by atoms with Crippen molar-refractivity contribution >= 4 is 5.69 Å². The van der Waals surface area contributed by atoms with E-state index >= 15 is 0 Å². The van der Waals surface area contributed by atoms with Crippen molar-refractivity contribution in [1.29, 1.82) is 0 Å². The largest absolute Gasteiger partial charge is 0.484 e. The monoisotopic (exact) mass is 279 g/mol. The molecule has 106 valence electrons. The predicted octanol–water partition coefficient (Wildman–Crippen LogP) is 1.49. The van der Waals surface area contributed by atoms with Gasteiger partial charge in [-0.05, 0) is 12.1 Å². The number of nitrogens with two attached hydrogens (primary N) is 2. The zero-order valence-corrected chi connectivity index (χ0v) is 9.68. The number of hydrogen-bond acceptors (Lipinski definition) is 5. The number of benzene rings is 1. The Labute approximate surface area is 106 Å². The van der Waals surface area contributed by atoms with Crippen molar-refractivity contribution < 1.29 is 22.8 Å². The van der Waals surface area contributed by atoms with Gasteiger partial charge in [0.2, 0.25) is 0 Å². The summed E-state index contributed by atoms with van der Waals surface area (Å²) in [6.45, 7) is -1.56. The maximum Gasteiger partial charge on any atom is 0.422 e. The summed E-state index contributed by atoms with van der Waals surface area (Å²) >= 11 is 0. The number of nitro benzene ring substituents is 1. The molecule has 0 fully saturated rings. The van der Waals surface area contributed by atoms with Crippen LogP contribution >= 0.6 is 0 Å². The lowest BCUT2D eigenvalue weighted by atomic mass is 10.1. The Hall–Kier alpha value is -1.87. The second-order valence-electron chi connectivity index (χ2n) is 3.72. The number of ether oxygens (including phenoxy) is 1. The van der Waals surface area contributed by atoms with Gasteiger partial charge in [0, 0.05) is 18.7 Å². The summed E-state index contributed by atoms with van der Waals surface area (Å²) in [6, 6.07) is 2.36. The first-order chi connectivity index (χ1) is 8.74. The summed E-state index contributed by atoms with van der Waals surface area (Å²) in [5.41, 5.74) is 10.6. The molecule has 6 nitrogen and oxygen atoms in total. The van der Waals surface area contributed by atoms with Crippen LogP contribution in [0.2, 0.25) is 0 Å². The molecule has 4 N–H and O–H groups in total. The molecule has 0 aromatic heterocycles. The molecule has 0 aliphatic rings. The van der Waals surface area contributed by atoms with Gasteiger partial charge in [-0.2, -0.15) is 13.2 Å². The first kappa shape index (κ1) is 15.2. The maximum atomic E-state index is 12.0. The van der Waals surface area contributed by atoms with Crippen LogP contribution in [-0.2, 0) is 0 Å². The van der Waals surface area contributed by atoms with Crippen LogP contribution in [0.4, 0.5) is 18.9 Å². The van der Waals surface area contributed by atoms with Crippen LogP contribution in [0.15, 0.2) is 18.2 Å². The van der Waals surface area contributed by atoms with Crippen molar-refractivity contribution in [2.75, 3.05) is 13.2 Å². The molecule has 0 amide bonds. The maximum absolute atomic E-state index is 12.0. The average Bonchev–Trinajstić information content (AvgIpc) is 2.34. The minimum Gasteiger partial charge on any atom is -0.484 e. The Morgan fingerprint density at radius 1 is 1.42 bits per heavy atom. The molecule has 9 heteroatoms. The number of alkyl halides is 3. The number of halogens is 3. The van der Waals surface area contributed by atoms with E-state index in [1.807, 2.05) is 0 Å². The first-order valence-electron chi connectivity index (χ1n) is 5.18. The van der Waals surface area contributed by atoms with Crippen LogP contribution in [0.3, 0.4) is 0 Å². The van der Waals surface area contributed by atoms with E-state index in [4.69, 9.17) is 11.5 Å². The Morgan fingerprint density at radius 3 is 2.53 bits per heavy atom. The second kappa shape index (κ2) is 5.85. The highest BCUT2D eigenvalue weighted by Gasteiger charge is 2.29. The van der Waals surface area contributed by atoms with E-state index in [9.17, 15) is 23.3 Å². The van der Waals surface area contributed by atoms with Gasteiger partial charge in [0.25, 0.3) is 5.69 Å². The van der Waals surface area contributed by atoms with Gasteiger partial charge in [-0.15, -0.1) is 0 Å². The lowest BCUT2D eigenvalue weighted by Crippen LogP contribution is -2.22. The molecular formula is C10H12F3N3O3. The van der Waals surface area contributed by atoms with Gasteiger partial charge in [0.1, 0.15) is 5.75 Å². The molecule has 0 radical (unpaired) electrons. The Balaban J connectivity index is 3.01. The molecule has 1 atom stereocenters. The summed E-state index contributed by atoms with van der Waals surface area (Å²) in [5, 5.41) is 10.8. The topological polar surface area (TPSA) is 104 Å². The van der Waals surface area contributed by atoms with Gasteiger partial charge in [-0.1, -0.05) is 0 Å². The molecule has 1 rings (SSSR count). The highest BCUT2D eigenvalue weighted by atomic mass is 19.4. The zero-order valence-electron chi connectivity index (χ0n) is 9.68. The Kier molecular flexibility index (Phi) is 4.67. The summed E-state index contributed by atoms with van der Waals surface area (Å²) in [6.07, 6.45) is -4.49. The lowest BCUT2D eigenvalue weighted by Gasteiger charge is -2.13. The fourth-order valence-corrected chi connectivity index (χ4v) is 1.38. The Bertz CT molecular complexity index is 465. The van der Waals surface area contributed by atoms with Crippen LogP contribution in [0.1, 0.15) is 11.6 Å². The first-order valence-corrected chi connectivity index (χ1v) is 5.18. The SMILES string of the molecule is NCC(N)c1cc(OCC(F)(F)F)ccc1[N+](=O)[O-]. The quantitative estimate of drug-likeness (QED) is 0.627. The molecule has 1 aromatic carbocycles. The fraction of sp³-hybridized carbons (Fsp3) is 0.400. The highest BCUT2D eigenvalue weighted by Crippen LogP contribution is 2.28. The van der Waals surface area contributed by atoms with Crippen molar-refractivity contribution in [3.63, 3.8) is 0 Å². The molecular weight excluding hydrogens is 267 g/mol. The van der Waals surface area contributed by atoms with Gasteiger partial charge < -0.3 is 16.2 Å². The molecule has 0 aliphatic carbocycles. The van der Waals surface area contributed by atoms with Gasteiger partial charge in [-0.3, -0.25) is 10.1 Å².